The number of nitrogens with one attached hydrogen (secondary N) is 1. The summed E-state index contributed by atoms with van der Waals surface area (Å²) in [6, 6.07) is 5.40. The SMILES string of the molecule is CS(=O)(=O)c1nc(C(=O)NC2CCC(N)CC2)c2ccccn12. The maximum Gasteiger partial charge on any atom is 0.272 e. The number of aromatic nitrogens is 2. The second-order valence-electron chi connectivity index (χ2n) is 6.06. The summed E-state index contributed by atoms with van der Waals surface area (Å²) < 4.78 is 25.2. The lowest BCUT2D eigenvalue weighted by atomic mass is 9.92. The first kappa shape index (κ1) is 15.9. The molecule has 1 amide bonds. The number of hydrogen-bond acceptors (Lipinski definition) is 5. The highest BCUT2D eigenvalue weighted by Crippen LogP contribution is 2.20. The lowest BCUT2D eigenvalue weighted by molar-refractivity contribution is 0.0922. The number of imidazole rings is 1. The molecule has 7 nitrogen and oxygen atoms in total. The van der Waals surface area contributed by atoms with Crippen molar-refractivity contribution in [1.82, 2.24) is 14.7 Å². The average molecular weight is 336 g/mol. The van der Waals surface area contributed by atoms with Crippen LogP contribution in [0, 0.1) is 0 Å². The van der Waals surface area contributed by atoms with Gasteiger partial charge in [-0.05, 0) is 37.8 Å². The maximum atomic E-state index is 12.5. The van der Waals surface area contributed by atoms with Crippen molar-refractivity contribution in [2.75, 3.05) is 6.26 Å². The number of fused-ring (bicyclic) bond motifs is 1. The third-order valence-electron chi connectivity index (χ3n) is 4.17. The minimum atomic E-state index is -3.53. The van der Waals surface area contributed by atoms with E-state index >= 15 is 0 Å². The number of rotatable bonds is 3. The minimum Gasteiger partial charge on any atom is -0.348 e. The van der Waals surface area contributed by atoms with E-state index < -0.39 is 9.84 Å². The molecule has 23 heavy (non-hydrogen) atoms. The van der Waals surface area contributed by atoms with E-state index in [0.717, 1.165) is 31.9 Å². The van der Waals surface area contributed by atoms with Gasteiger partial charge < -0.3 is 11.1 Å². The van der Waals surface area contributed by atoms with Crippen LogP contribution in [-0.2, 0) is 9.84 Å². The number of pyridine rings is 1. The Morgan fingerprint density at radius 1 is 1.30 bits per heavy atom. The number of hydrogen-bond donors (Lipinski definition) is 2. The van der Waals surface area contributed by atoms with Gasteiger partial charge in [-0.1, -0.05) is 6.07 Å². The van der Waals surface area contributed by atoms with Gasteiger partial charge in [-0.3, -0.25) is 9.20 Å². The first-order chi connectivity index (χ1) is 10.9. The van der Waals surface area contributed by atoms with Gasteiger partial charge in [0.2, 0.25) is 15.0 Å². The van der Waals surface area contributed by atoms with Gasteiger partial charge in [0.25, 0.3) is 5.91 Å². The first-order valence-corrected chi connectivity index (χ1v) is 9.49. The number of carbonyl (C=O) groups is 1. The Labute approximate surface area is 134 Å². The molecule has 0 saturated heterocycles. The first-order valence-electron chi connectivity index (χ1n) is 7.60. The molecule has 1 aliphatic carbocycles. The fourth-order valence-electron chi connectivity index (χ4n) is 2.96. The molecule has 0 bridgehead atoms. The van der Waals surface area contributed by atoms with E-state index in [4.69, 9.17) is 5.73 Å². The van der Waals surface area contributed by atoms with Crippen LogP contribution in [0.2, 0.25) is 0 Å². The van der Waals surface area contributed by atoms with Crippen LogP contribution < -0.4 is 11.1 Å². The van der Waals surface area contributed by atoms with Crippen molar-refractivity contribution in [3.8, 4) is 0 Å². The zero-order valence-electron chi connectivity index (χ0n) is 12.9. The van der Waals surface area contributed by atoms with Crippen LogP contribution in [0.15, 0.2) is 29.6 Å². The average Bonchev–Trinajstić information content (AvgIpc) is 2.89. The highest BCUT2D eigenvalue weighted by molar-refractivity contribution is 7.90. The van der Waals surface area contributed by atoms with E-state index in [1.165, 1.54) is 4.40 Å². The molecule has 0 spiro atoms. The van der Waals surface area contributed by atoms with E-state index in [1.807, 2.05) is 0 Å². The van der Waals surface area contributed by atoms with Crippen molar-refractivity contribution in [2.24, 2.45) is 5.73 Å². The van der Waals surface area contributed by atoms with E-state index in [1.54, 1.807) is 24.4 Å². The van der Waals surface area contributed by atoms with Crippen molar-refractivity contribution in [2.45, 2.75) is 42.9 Å². The molecule has 3 N–H and O–H groups in total. The summed E-state index contributed by atoms with van der Waals surface area (Å²) in [6.45, 7) is 0. The largest absolute Gasteiger partial charge is 0.348 e. The van der Waals surface area contributed by atoms with Gasteiger partial charge in [-0.15, -0.1) is 0 Å². The van der Waals surface area contributed by atoms with Gasteiger partial charge in [0, 0.05) is 24.5 Å². The summed E-state index contributed by atoms with van der Waals surface area (Å²) in [5.41, 5.74) is 6.49. The van der Waals surface area contributed by atoms with Crippen LogP contribution in [0.4, 0.5) is 0 Å². The number of sulfone groups is 1. The molecule has 2 aromatic heterocycles. The normalized spacial score (nSPS) is 22.2. The van der Waals surface area contributed by atoms with E-state index in [2.05, 4.69) is 10.3 Å². The van der Waals surface area contributed by atoms with Gasteiger partial charge in [0.05, 0.1) is 5.52 Å². The molecular weight excluding hydrogens is 316 g/mol. The van der Waals surface area contributed by atoms with Crippen molar-refractivity contribution in [3.05, 3.63) is 30.1 Å². The predicted octanol–water partition coefficient (Wildman–Crippen LogP) is 0.737. The second-order valence-corrected chi connectivity index (χ2v) is 7.97. The summed E-state index contributed by atoms with van der Waals surface area (Å²) in [5.74, 6) is -0.343. The molecule has 2 aromatic rings. The Balaban J connectivity index is 1.92. The van der Waals surface area contributed by atoms with Gasteiger partial charge >= 0.3 is 0 Å². The van der Waals surface area contributed by atoms with Crippen LogP contribution in [0.25, 0.3) is 5.52 Å². The van der Waals surface area contributed by atoms with Crippen molar-refractivity contribution < 1.29 is 13.2 Å². The fourth-order valence-corrected chi connectivity index (χ4v) is 3.73. The molecule has 1 saturated carbocycles. The minimum absolute atomic E-state index is 0.0597. The molecule has 1 aliphatic rings. The molecule has 0 radical (unpaired) electrons. The Kier molecular flexibility index (Phi) is 4.11. The number of carbonyl (C=O) groups excluding carboxylic acids is 1. The molecule has 0 atom stereocenters. The van der Waals surface area contributed by atoms with Crippen LogP contribution >= 0.6 is 0 Å². The fraction of sp³-hybridized carbons (Fsp3) is 0.467. The Morgan fingerprint density at radius 2 is 2.00 bits per heavy atom. The molecule has 0 aromatic carbocycles. The summed E-state index contributed by atoms with van der Waals surface area (Å²) in [7, 11) is -3.53. The Bertz CT molecular complexity index is 836. The summed E-state index contributed by atoms with van der Waals surface area (Å²) in [5, 5.41) is 2.83. The summed E-state index contributed by atoms with van der Waals surface area (Å²) >= 11 is 0. The van der Waals surface area contributed by atoms with Crippen LogP contribution in [0.5, 0.6) is 0 Å². The van der Waals surface area contributed by atoms with Gasteiger partial charge in [0.15, 0.2) is 5.69 Å². The molecule has 3 rings (SSSR count). The third-order valence-corrected chi connectivity index (χ3v) is 5.12. The van der Waals surface area contributed by atoms with E-state index in [0.29, 0.717) is 5.52 Å². The van der Waals surface area contributed by atoms with Crippen molar-refractivity contribution in [3.63, 3.8) is 0 Å². The maximum absolute atomic E-state index is 12.5. The topological polar surface area (TPSA) is 107 Å². The molecule has 0 unspecified atom stereocenters. The standard InChI is InChI=1S/C15H20N4O3S/c1-23(21,22)15-18-13(12-4-2-3-9-19(12)15)14(20)17-11-7-5-10(16)6-8-11/h2-4,9-11H,5-8,16H2,1H3,(H,17,20). The smallest absolute Gasteiger partial charge is 0.272 e. The van der Waals surface area contributed by atoms with Gasteiger partial charge in [-0.25, -0.2) is 13.4 Å². The second kappa shape index (κ2) is 5.93. The zero-order valence-corrected chi connectivity index (χ0v) is 13.7. The van der Waals surface area contributed by atoms with Crippen LogP contribution in [0.1, 0.15) is 36.2 Å². The highest BCUT2D eigenvalue weighted by Gasteiger charge is 2.25. The lowest BCUT2D eigenvalue weighted by Crippen LogP contribution is -2.40. The highest BCUT2D eigenvalue weighted by atomic mass is 32.2. The van der Waals surface area contributed by atoms with Crippen molar-refractivity contribution >= 4 is 21.3 Å². The lowest BCUT2D eigenvalue weighted by Gasteiger charge is -2.26. The third kappa shape index (κ3) is 3.23. The number of amides is 1. The van der Waals surface area contributed by atoms with Crippen molar-refractivity contribution in [1.29, 1.82) is 0 Å². The van der Waals surface area contributed by atoms with Gasteiger partial charge in [-0.2, -0.15) is 0 Å². The molecule has 1 fully saturated rings. The number of nitrogens with two attached hydrogens (primary N) is 1. The molecule has 2 heterocycles. The zero-order chi connectivity index (χ0) is 16.6. The Morgan fingerprint density at radius 3 is 2.65 bits per heavy atom. The molecule has 8 heteroatoms. The van der Waals surface area contributed by atoms with Gasteiger partial charge in [0.1, 0.15) is 0 Å². The molecule has 0 aliphatic heterocycles. The molecule has 124 valence electrons. The van der Waals surface area contributed by atoms with E-state index in [-0.39, 0.29) is 28.8 Å². The molecular formula is C15H20N4O3S. The number of nitrogens with zero attached hydrogens (tertiary/aromatic N) is 2. The predicted molar refractivity (Wildman–Crippen MR) is 86.0 cm³/mol. The van der Waals surface area contributed by atoms with Crippen LogP contribution in [-0.4, -0.2) is 42.0 Å². The summed E-state index contributed by atoms with van der Waals surface area (Å²) in [4.78, 5) is 16.6. The van der Waals surface area contributed by atoms with Crippen LogP contribution in [0.3, 0.4) is 0 Å². The summed E-state index contributed by atoms with van der Waals surface area (Å²) in [6.07, 6.45) is 6.09. The Hall–Kier alpha value is -1.93. The quantitative estimate of drug-likeness (QED) is 0.860. The van der Waals surface area contributed by atoms with E-state index in [9.17, 15) is 13.2 Å². The monoisotopic (exact) mass is 336 g/mol.